The second-order valence-electron chi connectivity index (χ2n) is 8.91. The van der Waals surface area contributed by atoms with Gasteiger partial charge >= 0.3 is 5.69 Å². The van der Waals surface area contributed by atoms with Gasteiger partial charge in [-0.3, -0.25) is 13.9 Å². The highest BCUT2D eigenvalue weighted by atomic mass is 28.4. The van der Waals surface area contributed by atoms with Gasteiger partial charge in [-0.1, -0.05) is 32.0 Å². The Hall–Kier alpha value is -2.13. The van der Waals surface area contributed by atoms with Crippen molar-refractivity contribution >= 4 is 8.32 Å². The lowest BCUT2D eigenvalue weighted by molar-refractivity contribution is -0.0252. The minimum absolute atomic E-state index is 0.0350. The molecule has 1 saturated heterocycles. The number of azide groups is 1. The zero-order valence-corrected chi connectivity index (χ0v) is 19.1. The number of nitrogens with zero attached hydrogens (tertiary/aromatic N) is 5. The summed E-state index contributed by atoms with van der Waals surface area (Å²) in [6.07, 6.45) is 2.24. The van der Waals surface area contributed by atoms with Gasteiger partial charge in [-0.05, 0) is 30.6 Å². The summed E-state index contributed by atoms with van der Waals surface area (Å²) in [4.78, 5) is 28.0. The first-order valence-corrected chi connectivity index (χ1v) is 12.6. The average Bonchev–Trinajstić information content (AvgIpc) is 3.02. The van der Waals surface area contributed by atoms with Crippen molar-refractivity contribution in [1.82, 2.24) is 9.13 Å². The van der Waals surface area contributed by atoms with Gasteiger partial charge in [-0.25, -0.2) is 4.79 Å². The lowest BCUT2D eigenvalue weighted by Crippen LogP contribution is -2.44. The molecule has 160 valence electrons. The Labute approximate surface area is 171 Å². The first kappa shape index (κ1) is 23.1. The topological polar surface area (TPSA) is 111 Å². The maximum atomic E-state index is 12.8. The molecule has 1 aliphatic heterocycles. The van der Waals surface area contributed by atoms with Crippen LogP contribution in [-0.2, 0) is 15.7 Å². The standard InChI is InChI=1S/C19H31N5O4Si/c1-8-9-23-17(25)13(2)11-24(18(23)26)16-10-14(21-22-20)15(28-16)12-27-29(6,7)19(3,4)5/h8,11,14-16H,1,9-10,12H2,2-7H3/t14-,15+,16+/m0/s1. The van der Waals surface area contributed by atoms with Crippen molar-refractivity contribution in [2.24, 2.45) is 5.11 Å². The summed E-state index contributed by atoms with van der Waals surface area (Å²) in [6.45, 7) is 16.4. The van der Waals surface area contributed by atoms with Gasteiger partial charge in [0.2, 0.25) is 0 Å². The molecule has 9 nitrogen and oxygen atoms in total. The van der Waals surface area contributed by atoms with Gasteiger partial charge in [0.1, 0.15) is 6.23 Å². The van der Waals surface area contributed by atoms with Crippen LogP contribution in [0.15, 0.2) is 33.6 Å². The summed E-state index contributed by atoms with van der Waals surface area (Å²) in [5.41, 5.74) is 8.55. The Morgan fingerprint density at radius 3 is 2.66 bits per heavy atom. The van der Waals surface area contributed by atoms with Crippen LogP contribution in [0.1, 0.15) is 39.0 Å². The smallest absolute Gasteiger partial charge is 0.333 e. The van der Waals surface area contributed by atoms with E-state index < -0.39 is 32.4 Å². The molecule has 0 amide bonds. The molecule has 0 aromatic carbocycles. The van der Waals surface area contributed by atoms with Gasteiger partial charge in [-0.2, -0.15) is 0 Å². The molecule has 0 unspecified atom stereocenters. The first-order chi connectivity index (χ1) is 13.4. The molecule has 2 heterocycles. The Bertz CT molecular complexity index is 924. The number of allylic oxidation sites excluding steroid dienone is 1. The highest BCUT2D eigenvalue weighted by Crippen LogP contribution is 2.38. The van der Waals surface area contributed by atoms with Crippen molar-refractivity contribution in [2.45, 2.75) is 77.2 Å². The molecule has 10 heteroatoms. The van der Waals surface area contributed by atoms with Crippen LogP contribution in [-0.4, -0.2) is 36.2 Å². The van der Waals surface area contributed by atoms with E-state index in [1.165, 1.54) is 16.8 Å². The second kappa shape index (κ2) is 8.70. The Balaban J connectivity index is 2.32. The number of hydrogen-bond donors (Lipinski definition) is 0. The molecule has 3 atom stereocenters. The van der Waals surface area contributed by atoms with Crippen molar-refractivity contribution in [2.75, 3.05) is 6.61 Å². The van der Waals surface area contributed by atoms with Crippen LogP contribution in [0.3, 0.4) is 0 Å². The number of ether oxygens (including phenoxy) is 1. The van der Waals surface area contributed by atoms with Crippen molar-refractivity contribution in [1.29, 1.82) is 0 Å². The van der Waals surface area contributed by atoms with Crippen LogP contribution in [0, 0.1) is 6.92 Å². The third-order valence-electron chi connectivity index (χ3n) is 5.81. The van der Waals surface area contributed by atoms with Crippen molar-refractivity contribution in [3.05, 3.63) is 55.7 Å². The van der Waals surface area contributed by atoms with Crippen LogP contribution < -0.4 is 11.2 Å². The zero-order valence-electron chi connectivity index (χ0n) is 18.1. The summed E-state index contributed by atoms with van der Waals surface area (Å²) in [7, 11) is -2.01. The Morgan fingerprint density at radius 1 is 1.45 bits per heavy atom. The van der Waals surface area contributed by atoms with Gasteiger partial charge in [0, 0.05) is 29.6 Å². The van der Waals surface area contributed by atoms with E-state index in [-0.39, 0.29) is 23.7 Å². The lowest BCUT2D eigenvalue weighted by atomic mass is 10.1. The maximum Gasteiger partial charge on any atom is 0.333 e. The van der Waals surface area contributed by atoms with Crippen molar-refractivity contribution in [3.8, 4) is 0 Å². The minimum Gasteiger partial charge on any atom is -0.414 e. The van der Waals surface area contributed by atoms with E-state index in [0.29, 0.717) is 12.0 Å². The third-order valence-corrected chi connectivity index (χ3v) is 10.3. The van der Waals surface area contributed by atoms with Gasteiger partial charge in [-0.15, -0.1) is 6.58 Å². The van der Waals surface area contributed by atoms with E-state index in [2.05, 4.69) is 50.5 Å². The largest absolute Gasteiger partial charge is 0.414 e. The molecule has 2 rings (SSSR count). The zero-order chi connectivity index (χ0) is 22.0. The lowest BCUT2D eigenvalue weighted by Gasteiger charge is -2.37. The van der Waals surface area contributed by atoms with Crippen LogP contribution in [0.5, 0.6) is 0 Å². The SMILES string of the molecule is C=CCn1c(=O)c(C)cn([C@H]2C[C@H](N=[N+]=[N-])[C@@H](CO[Si](C)(C)C(C)(C)C)O2)c1=O. The molecule has 0 aliphatic carbocycles. The quantitative estimate of drug-likeness (QED) is 0.220. The molecular formula is C19H31N5O4Si. The fraction of sp³-hybridized carbons (Fsp3) is 0.684. The fourth-order valence-corrected chi connectivity index (χ4v) is 4.00. The molecule has 0 radical (unpaired) electrons. The second-order valence-corrected chi connectivity index (χ2v) is 13.7. The molecule has 0 spiro atoms. The van der Waals surface area contributed by atoms with E-state index in [9.17, 15) is 9.59 Å². The van der Waals surface area contributed by atoms with Crippen molar-refractivity contribution in [3.63, 3.8) is 0 Å². The molecule has 0 saturated carbocycles. The number of hydrogen-bond acceptors (Lipinski definition) is 5. The van der Waals surface area contributed by atoms with Crippen molar-refractivity contribution < 1.29 is 9.16 Å². The minimum atomic E-state index is -2.01. The summed E-state index contributed by atoms with van der Waals surface area (Å²) in [5, 5.41) is 3.90. The predicted octanol–water partition coefficient (Wildman–Crippen LogP) is 3.49. The van der Waals surface area contributed by atoms with Gasteiger partial charge in [0.05, 0.1) is 18.8 Å². The number of aryl methyl sites for hydroxylation is 1. The van der Waals surface area contributed by atoms with E-state index in [0.717, 1.165) is 4.57 Å². The summed E-state index contributed by atoms with van der Waals surface area (Å²) >= 11 is 0. The maximum absolute atomic E-state index is 12.8. The summed E-state index contributed by atoms with van der Waals surface area (Å²) in [5.74, 6) is 0. The van der Waals surface area contributed by atoms with E-state index in [1.54, 1.807) is 6.92 Å². The molecule has 0 bridgehead atoms. The molecule has 29 heavy (non-hydrogen) atoms. The summed E-state index contributed by atoms with van der Waals surface area (Å²) in [6, 6.07) is -0.457. The highest BCUT2D eigenvalue weighted by Gasteiger charge is 2.41. The fourth-order valence-electron chi connectivity index (χ4n) is 2.99. The van der Waals surface area contributed by atoms with Gasteiger partial charge in [0.15, 0.2) is 8.32 Å². The third kappa shape index (κ3) is 4.89. The van der Waals surface area contributed by atoms with Crippen LogP contribution in [0.4, 0.5) is 0 Å². The Morgan fingerprint density at radius 2 is 2.10 bits per heavy atom. The van der Waals surface area contributed by atoms with Crippen LogP contribution in [0.2, 0.25) is 18.1 Å². The predicted molar refractivity (Wildman–Crippen MR) is 115 cm³/mol. The Kier molecular flexibility index (Phi) is 6.95. The normalized spacial score (nSPS) is 22.3. The van der Waals surface area contributed by atoms with Gasteiger partial charge in [0.25, 0.3) is 5.56 Å². The molecule has 0 N–H and O–H groups in total. The summed E-state index contributed by atoms with van der Waals surface area (Å²) < 4.78 is 14.8. The molecule has 1 aliphatic rings. The van der Waals surface area contributed by atoms with Crippen LogP contribution in [0.25, 0.3) is 10.4 Å². The van der Waals surface area contributed by atoms with E-state index in [1.807, 2.05) is 0 Å². The molecular weight excluding hydrogens is 390 g/mol. The molecule has 1 fully saturated rings. The number of rotatable bonds is 7. The van der Waals surface area contributed by atoms with Gasteiger partial charge < -0.3 is 9.16 Å². The first-order valence-electron chi connectivity index (χ1n) is 9.70. The van der Waals surface area contributed by atoms with E-state index >= 15 is 0 Å². The highest BCUT2D eigenvalue weighted by molar-refractivity contribution is 6.74. The number of aromatic nitrogens is 2. The van der Waals surface area contributed by atoms with E-state index in [4.69, 9.17) is 14.7 Å². The monoisotopic (exact) mass is 421 g/mol. The van der Waals surface area contributed by atoms with Crippen LogP contribution >= 0.6 is 0 Å². The average molecular weight is 422 g/mol. The molecule has 1 aromatic rings. The molecule has 1 aromatic heterocycles.